The molecule has 0 fully saturated rings. The van der Waals surface area contributed by atoms with E-state index in [1.54, 1.807) is 6.33 Å². The predicted molar refractivity (Wildman–Crippen MR) is 56.9 cm³/mol. The monoisotopic (exact) mass is 196 g/mol. The van der Waals surface area contributed by atoms with Gasteiger partial charge in [-0.3, -0.25) is 4.68 Å². The minimum Gasteiger partial charge on any atom is -0.325 e. The molecule has 1 aromatic heterocycles. The van der Waals surface area contributed by atoms with Crippen molar-refractivity contribution in [2.75, 3.05) is 0 Å². The van der Waals surface area contributed by atoms with Crippen LogP contribution in [0.1, 0.15) is 39.4 Å². The van der Waals surface area contributed by atoms with Crippen molar-refractivity contribution in [1.82, 2.24) is 14.8 Å². The Labute approximate surface area is 85.5 Å². The van der Waals surface area contributed by atoms with Gasteiger partial charge in [-0.25, -0.2) is 4.98 Å². The lowest BCUT2D eigenvalue weighted by Gasteiger charge is -2.21. The van der Waals surface area contributed by atoms with Crippen LogP contribution >= 0.6 is 0 Å². The molecule has 0 spiro atoms. The van der Waals surface area contributed by atoms with Gasteiger partial charge in [0, 0.05) is 18.5 Å². The summed E-state index contributed by atoms with van der Waals surface area (Å²) in [5, 5.41) is 4.17. The van der Waals surface area contributed by atoms with Crippen LogP contribution in [-0.4, -0.2) is 20.3 Å². The van der Waals surface area contributed by atoms with Crippen molar-refractivity contribution in [3.63, 3.8) is 0 Å². The van der Waals surface area contributed by atoms with Gasteiger partial charge < -0.3 is 5.73 Å². The van der Waals surface area contributed by atoms with Crippen LogP contribution < -0.4 is 5.73 Å². The maximum Gasteiger partial charge on any atom is 0.138 e. The molecule has 0 aliphatic rings. The SMILES string of the molecule is CCCn1ncnc1CC(C)(N)CC. The molecule has 2 N–H and O–H groups in total. The van der Waals surface area contributed by atoms with Gasteiger partial charge >= 0.3 is 0 Å². The average Bonchev–Trinajstić information content (AvgIpc) is 2.53. The van der Waals surface area contributed by atoms with Crippen LogP contribution in [0, 0.1) is 0 Å². The van der Waals surface area contributed by atoms with Crippen molar-refractivity contribution in [2.45, 2.75) is 52.1 Å². The van der Waals surface area contributed by atoms with Gasteiger partial charge in [0.1, 0.15) is 12.2 Å². The van der Waals surface area contributed by atoms with Crippen molar-refractivity contribution < 1.29 is 0 Å². The Morgan fingerprint density at radius 2 is 2.21 bits per heavy atom. The topological polar surface area (TPSA) is 56.7 Å². The number of hydrogen-bond acceptors (Lipinski definition) is 3. The number of nitrogens with two attached hydrogens (primary N) is 1. The molecule has 80 valence electrons. The first kappa shape index (κ1) is 11.2. The zero-order valence-corrected chi connectivity index (χ0v) is 9.32. The summed E-state index contributed by atoms with van der Waals surface area (Å²) < 4.78 is 1.95. The molecule has 0 radical (unpaired) electrons. The molecule has 4 heteroatoms. The third kappa shape index (κ3) is 2.80. The maximum atomic E-state index is 6.09. The fourth-order valence-corrected chi connectivity index (χ4v) is 1.31. The van der Waals surface area contributed by atoms with Crippen molar-refractivity contribution in [3.05, 3.63) is 12.2 Å². The van der Waals surface area contributed by atoms with Crippen molar-refractivity contribution in [1.29, 1.82) is 0 Å². The Morgan fingerprint density at radius 3 is 2.79 bits per heavy atom. The second-order valence-corrected chi connectivity index (χ2v) is 4.08. The number of nitrogens with zero attached hydrogens (tertiary/aromatic N) is 3. The average molecular weight is 196 g/mol. The summed E-state index contributed by atoms with van der Waals surface area (Å²) in [4.78, 5) is 4.24. The highest BCUT2D eigenvalue weighted by atomic mass is 15.3. The third-order valence-electron chi connectivity index (χ3n) is 2.50. The van der Waals surface area contributed by atoms with Gasteiger partial charge in [0.25, 0.3) is 0 Å². The first-order valence-corrected chi connectivity index (χ1v) is 5.24. The second kappa shape index (κ2) is 4.55. The molecule has 14 heavy (non-hydrogen) atoms. The first-order valence-electron chi connectivity index (χ1n) is 5.24. The maximum absolute atomic E-state index is 6.09. The van der Waals surface area contributed by atoms with E-state index in [-0.39, 0.29) is 5.54 Å². The Kier molecular flexibility index (Phi) is 3.63. The van der Waals surface area contributed by atoms with E-state index in [0.717, 1.165) is 31.6 Å². The summed E-state index contributed by atoms with van der Waals surface area (Å²) in [5.74, 6) is 0.999. The van der Waals surface area contributed by atoms with Gasteiger partial charge in [0.2, 0.25) is 0 Å². The summed E-state index contributed by atoms with van der Waals surface area (Å²) in [7, 11) is 0. The lowest BCUT2D eigenvalue weighted by Crippen LogP contribution is -2.38. The molecule has 0 saturated heterocycles. The van der Waals surface area contributed by atoms with Crippen molar-refractivity contribution in [2.24, 2.45) is 5.73 Å². The normalized spacial score (nSPS) is 15.4. The van der Waals surface area contributed by atoms with Gasteiger partial charge in [-0.05, 0) is 19.8 Å². The van der Waals surface area contributed by atoms with Crippen LogP contribution in [0.25, 0.3) is 0 Å². The van der Waals surface area contributed by atoms with Crippen molar-refractivity contribution >= 4 is 0 Å². The largest absolute Gasteiger partial charge is 0.325 e. The number of aryl methyl sites for hydroxylation is 1. The van der Waals surface area contributed by atoms with Gasteiger partial charge in [0.15, 0.2) is 0 Å². The fraction of sp³-hybridized carbons (Fsp3) is 0.800. The van der Waals surface area contributed by atoms with Crippen LogP contribution in [0.5, 0.6) is 0 Å². The molecular formula is C10H20N4. The Hall–Kier alpha value is -0.900. The molecule has 1 aromatic rings. The molecule has 0 aromatic carbocycles. The molecule has 0 aliphatic heterocycles. The highest BCUT2D eigenvalue weighted by Crippen LogP contribution is 2.11. The Bertz CT molecular complexity index is 277. The summed E-state index contributed by atoms with van der Waals surface area (Å²) in [6.45, 7) is 7.21. The van der Waals surface area contributed by atoms with E-state index in [4.69, 9.17) is 5.73 Å². The smallest absolute Gasteiger partial charge is 0.138 e. The summed E-state index contributed by atoms with van der Waals surface area (Å²) in [5.41, 5.74) is 5.92. The van der Waals surface area contributed by atoms with E-state index in [1.807, 2.05) is 4.68 Å². The van der Waals surface area contributed by atoms with E-state index in [1.165, 1.54) is 0 Å². The van der Waals surface area contributed by atoms with Crippen LogP contribution in [0.2, 0.25) is 0 Å². The van der Waals surface area contributed by atoms with Crippen LogP contribution in [0.3, 0.4) is 0 Å². The van der Waals surface area contributed by atoms with Crippen LogP contribution in [-0.2, 0) is 13.0 Å². The molecule has 0 saturated carbocycles. The van der Waals surface area contributed by atoms with E-state index in [2.05, 4.69) is 30.9 Å². The predicted octanol–water partition coefficient (Wildman–Crippen LogP) is 1.36. The lowest BCUT2D eigenvalue weighted by atomic mass is 9.96. The lowest BCUT2D eigenvalue weighted by molar-refractivity contribution is 0.422. The van der Waals surface area contributed by atoms with E-state index >= 15 is 0 Å². The Morgan fingerprint density at radius 1 is 1.50 bits per heavy atom. The summed E-state index contributed by atoms with van der Waals surface area (Å²) in [6.07, 6.45) is 4.43. The zero-order chi connectivity index (χ0) is 10.6. The summed E-state index contributed by atoms with van der Waals surface area (Å²) >= 11 is 0. The minimum atomic E-state index is -0.168. The van der Waals surface area contributed by atoms with Crippen molar-refractivity contribution in [3.8, 4) is 0 Å². The van der Waals surface area contributed by atoms with Gasteiger partial charge in [-0.1, -0.05) is 13.8 Å². The Balaban J connectivity index is 2.70. The van der Waals surface area contributed by atoms with Crippen LogP contribution in [0.4, 0.5) is 0 Å². The highest BCUT2D eigenvalue weighted by Gasteiger charge is 2.19. The third-order valence-corrected chi connectivity index (χ3v) is 2.50. The van der Waals surface area contributed by atoms with Gasteiger partial charge in [0.05, 0.1) is 0 Å². The minimum absolute atomic E-state index is 0.168. The molecule has 0 aliphatic carbocycles. The van der Waals surface area contributed by atoms with E-state index in [0.29, 0.717) is 0 Å². The molecule has 1 rings (SSSR count). The van der Waals surface area contributed by atoms with E-state index in [9.17, 15) is 0 Å². The van der Waals surface area contributed by atoms with Crippen LogP contribution in [0.15, 0.2) is 6.33 Å². The molecular weight excluding hydrogens is 176 g/mol. The zero-order valence-electron chi connectivity index (χ0n) is 9.32. The number of aromatic nitrogens is 3. The first-order chi connectivity index (χ1) is 6.59. The standard InChI is InChI=1S/C10H20N4/c1-4-6-14-9(12-8-13-14)7-10(3,11)5-2/h8H,4-7,11H2,1-3H3. The van der Waals surface area contributed by atoms with E-state index < -0.39 is 0 Å². The van der Waals surface area contributed by atoms with Gasteiger partial charge in [-0.2, -0.15) is 5.10 Å². The highest BCUT2D eigenvalue weighted by molar-refractivity contribution is 4.94. The number of hydrogen-bond donors (Lipinski definition) is 1. The molecule has 1 atom stereocenters. The quantitative estimate of drug-likeness (QED) is 0.773. The van der Waals surface area contributed by atoms with Gasteiger partial charge in [-0.15, -0.1) is 0 Å². The second-order valence-electron chi connectivity index (χ2n) is 4.08. The number of rotatable bonds is 5. The molecule has 4 nitrogen and oxygen atoms in total. The molecule has 0 amide bonds. The molecule has 1 unspecified atom stereocenters. The molecule has 1 heterocycles. The summed E-state index contributed by atoms with van der Waals surface area (Å²) in [6, 6.07) is 0. The molecule has 0 bridgehead atoms. The fourth-order valence-electron chi connectivity index (χ4n) is 1.31.